The molecule has 0 amide bonds. The summed E-state index contributed by atoms with van der Waals surface area (Å²) < 4.78 is 17.3. The molecule has 136 valence electrons. The van der Waals surface area contributed by atoms with Crippen molar-refractivity contribution >= 4 is 31.9 Å². The highest BCUT2D eigenvalue weighted by Gasteiger charge is 2.42. The Hall–Kier alpha value is -0.303. The van der Waals surface area contributed by atoms with E-state index < -0.39 is 8.80 Å². The molecule has 0 aliphatic carbocycles. The minimum atomic E-state index is -2.77. The van der Waals surface area contributed by atoms with E-state index in [4.69, 9.17) is 25.5 Å². The zero-order valence-electron chi connectivity index (χ0n) is 15.3. The summed E-state index contributed by atoms with van der Waals surface area (Å²) >= 11 is 5.05. The van der Waals surface area contributed by atoms with Crippen LogP contribution in [0.2, 0.25) is 6.04 Å². The molecule has 0 N–H and O–H groups in total. The van der Waals surface area contributed by atoms with Crippen LogP contribution in [0, 0.1) is 0 Å². The van der Waals surface area contributed by atoms with E-state index in [0.717, 1.165) is 19.3 Å². The summed E-state index contributed by atoms with van der Waals surface area (Å²) in [4.78, 5) is 12.0. The lowest BCUT2D eigenvalue weighted by molar-refractivity contribution is -0.119. The molecule has 0 radical (unpaired) electrons. The second kappa shape index (κ2) is 14.1. The van der Waals surface area contributed by atoms with Crippen LogP contribution in [-0.2, 0) is 18.1 Å². The molecule has 0 heterocycles. The third kappa shape index (κ3) is 11.8. The quantitative estimate of drug-likeness (QED) is 0.231. The monoisotopic (exact) mass is 362 g/mol. The summed E-state index contributed by atoms with van der Waals surface area (Å²) in [6.07, 6.45) is 7.89. The zero-order valence-corrected chi connectivity index (χ0v) is 17.1. The van der Waals surface area contributed by atoms with Gasteiger partial charge in [0.1, 0.15) is 10.8 Å². The standard InChI is InChI=1S/C17H34O4SSi/c1-5-8-9-10-11-13-17(18)14-12-15-23(19-6-2,20-7-3)21-16(4)22/h5-15H2,1-4H3. The number of hydrogen-bond donors (Lipinski definition) is 0. The number of thiocarbonyl (C=S) groups is 1. The Bertz CT molecular complexity index is 331. The molecule has 4 nitrogen and oxygen atoms in total. The van der Waals surface area contributed by atoms with Gasteiger partial charge in [-0.25, -0.2) is 0 Å². The van der Waals surface area contributed by atoms with E-state index in [1.54, 1.807) is 6.92 Å². The average Bonchev–Trinajstić information content (AvgIpc) is 2.47. The van der Waals surface area contributed by atoms with Crippen LogP contribution in [0.4, 0.5) is 0 Å². The Balaban J connectivity index is 4.18. The van der Waals surface area contributed by atoms with Crippen molar-refractivity contribution in [3.63, 3.8) is 0 Å². The Morgan fingerprint density at radius 1 is 0.913 bits per heavy atom. The number of ketones is 1. The summed E-state index contributed by atoms with van der Waals surface area (Å²) in [6.45, 7) is 8.83. The summed E-state index contributed by atoms with van der Waals surface area (Å²) in [5.74, 6) is 0.330. The van der Waals surface area contributed by atoms with Crippen molar-refractivity contribution in [1.82, 2.24) is 0 Å². The molecule has 6 heteroatoms. The molecular weight excluding hydrogens is 328 g/mol. The first-order valence-corrected chi connectivity index (χ1v) is 11.3. The van der Waals surface area contributed by atoms with Gasteiger partial charge in [-0.15, -0.1) is 0 Å². The Morgan fingerprint density at radius 2 is 1.48 bits per heavy atom. The molecule has 0 aromatic heterocycles. The number of hydrogen-bond acceptors (Lipinski definition) is 5. The zero-order chi connectivity index (χ0) is 17.6. The minimum Gasteiger partial charge on any atom is -0.495 e. The molecule has 0 spiro atoms. The smallest absolute Gasteiger partial charge is 0.495 e. The number of Topliss-reactive ketones (excluding diaryl/α,β-unsaturated/α-hetero) is 1. The van der Waals surface area contributed by atoms with Crippen molar-refractivity contribution in [3.8, 4) is 0 Å². The molecule has 0 unspecified atom stereocenters. The molecule has 0 atom stereocenters. The molecule has 0 bridgehead atoms. The fourth-order valence-corrected chi connectivity index (χ4v) is 5.41. The van der Waals surface area contributed by atoms with Gasteiger partial charge in [0.15, 0.2) is 0 Å². The molecule has 0 fully saturated rings. The van der Waals surface area contributed by atoms with Crippen LogP contribution < -0.4 is 0 Å². The predicted octanol–water partition coefficient (Wildman–Crippen LogP) is 5.07. The predicted molar refractivity (Wildman–Crippen MR) is 101 cm³/mol. The van der Waals surface area contributed by atoms with Crippen LogP contribution >= 0.6 is 12.2 Å². The van der Waals surface area contributed by atoms with E-state index in [1.165, 1.54) is 19.3 Å². The highest BCUT2D eigenvalue weighted by atomic mass is 32.1. The van der Waals surface area contributed by atoms with Gasteiger partial charge in [0.05, 0.1) is 0 Å². The lowest BCUT2D eigenvalue weighted by Gasteiger charge is -2.28. The molecule has 0 aromatic carbocycles. The summed E-state index contributed by atoms with van der Waals surface area (Å²) in [7, 11) is -2.77. The van der Waals surface area contributed by atoms with Crippen molar-refractivity contribution in [2.24, 2.45) is 0 Å². The first-order valence-electron chi connectivity index (χ1n) is 8.98. The Kier molecular flexibility index (Phi) is 13.9. The SMILES string of the molecule is CCCCCCCC(=O)CCC[Si](OCC)(OCC)OC(C)=S. The molecular formula is C17H34O4SSi. The van der Waals surface area contributed by atoms with E-state index in [0.29, 0.717) is 42.9 Å². The van der Waals surface area contributed by atoms with Gasteiger partial charge in [-0.2, -0.15) is 0 Å². The van der Waals surface area contributed by atoms with E-state index in [-0.39, 0.29) is 0 Å². The van der Waals surface area contributed by atoms with Crippen molar-refractivity contribution < 1.29 is 18.1 Å². The van der Waals surface area contributed by atoms with Gasteiger partial charge in [0, 0.05) is 39.0 Å². The van der Waals surface area contributed by atoms with Crippen molar-refractivity contribution in [2.75, 3.05) is 13.2 Å². The van der Waals surface area contributed by atoms with Crippen molar-refractivity contribution in [2.45, 2.75) is 85.1 Å². The van der Waals surface area contributed by atoms with Gasteiger partial charge in [0.2, 0.25) is 0 Å². The fraction of sp³-hybridized carbons (Fsp3) is 0.882. The van der Waals surface area contributed by atoms with Gasteiger partial charge < -0.3 is 13.3 Å². The van der Waals surface area contributed by atoms with E-state index in [1.807, 2.05) is 13.8 Å². The maximum Gasteiger partial charge on any atom is 0.566 e. The molecule has 23 heavy (non-hydrogen) atoms. The summed E-state index contributed by atoms with van der Waals surface area (Å²) in [5, 5.41) is 0.445. The average molecular weight is 363 g/mol. The second-order valence-electron chi connectivity index (χ2n) is 5.70. The molecule has 0 saturated carbocycles. The Labute approximate surface area is 148 Å². The van der Waals surface area contributed by atoms with Gasteiger partial charge in [-0.3, -0.25) is 4.79 Å². The van der Waals surface area contributed by atoms with Crippen molar-refractivity contribution in [3.05, 3.63) is 0 Å². The van der Waals surface area contributed by atoms with Gasteiger partial charge in [-0.05, 0) is 38.9 Å². The van der Waals surface area contributed by atoms with E-state index in [2.05, 4.69) is 6.92 Å². The third-order valence-corrected chi connectivity index (χ3v) is 6.80. The first-order chi connectivity index (χ1) is 11.0. The highest BCUT2D eigenvalue weighted by molar-refractivity contribution is 7.80. The lowest BCUT2D eigenvalue weighted by Crippen LogP contribution is -2.46. The normalized spacial score (nSPS) is 11.5. The van der Waals surface area contributed by atoms with Gasteiger partial charge in [0.25, 0.3) is 0 Å². The molecule has 0 aliphatic rings. The van der Waals surface area contributed by atoms with Gasteiger partial charge in [-0.1, -0.05) is 32.6 Å². The fourth-order valence-electron chi connectivity index (χ4n) is 2.51. The Morgan fingerprint density at radius 3 is 2.00 bits per heavy atom. The number of carbonyl (C=O) groups excluding carboxylic acids is 1. The molecule has 0 aromatic rings. The summed E-state index contributed by atoms with van der Waals surface area (Å²) in [6, 6.07) is 0.643. The highest BCUT2D eigenvalue weighted by Crippen LogP contribution is 2.20. The number of rotatable bonds is 15. The topological polar surface area (TPSA) is 44.8 Å². The lowest BCUT2D eigenvalue weighted by atomic mass is 10.1. The van der Waals surface area contributed by atoms with Crippen LogP contribution in [0.5, 0.6) is 0 Å². The van der Waals surface area contributed by atoms with E-state index >= 15 is 0 Å². The number of unbranched alkanes of at least 4 members (excludes halogenated alkanes) is 4. The molecule has 0 rings (SSSR count). The maximum atomic E-state index is 12.0. The second-order valence-corrected chi connectivity index (χ2v) is 8.92. The van der Waals surface area contributed by atoms with E-state index in [9.17, 15) is 4.79 Å². The van der Waals surface area contributed by atoms with Gasteiger partial charge >= 0.3 is 8.80 Å². The van der Waals surface area contributed by atoms with Crippen LogP contribution in [0.25, 0.3) is 0 Å². The minimum absolute atomic E-state index is 0.330. The largest absolute Gasteiger partial charge is 0.566 e. The van der Waals surface area contributed by atoms with Crippen LogP contribution in [0.15, 0.2) is 0 Å². The molecule has 0 aliphatic heterocycles. The third-order valence-electron chi connectivity index (χ3n) is 3.53. The van der Waals surface area contributed by atoms with Crippen LogP contribution in [-0.4, -0.2) is 32.9 Å². The van der Waals surface area contributed by atoms with Crippen molar-refractivity contribution in [1.29, 1.82) is 0 Å². The maximum absolute atomic E-state index is 12.0. The molecule has 0 saturated heterocycles. The number of carbonyl (C=O) groups is 1. The first kappa shape index (κ1) is 22.7. The van der Waals surface area contributed by atoms with Crippen LogP contribution in [0.3, 0.4) is 0 Å². The van der Waals surface area contributed by atoms with Crippen LogP contribution in [0.1, 0.15) is 79.1 Å². The summed E-state index contributed by atoms with van der Waals surface area (Å²) in [5.41, 5.74) is 0.